The topological polar surface area (TPSA) is 21.3 Å². The van der Waals surface area contributed by atoms with E-state index in [-0.39, 0.29) is 6.10 Å². The Balaban J connectivity index is 1.91. The van der Waals surface area contributed by atoms with Gasteiger partial charge in [-0.3, -0.25) is 0 Å². The van der Waals surface area contributed by atoms with Crippen molar-refractivity contribution in [2.75, 3.05) is 13.2 Å². The number of nitrogens with one attached hydrogen (secondary N) is 1. The maximum atomic E-state index is 6.01. The molecular formula is C16H19NO. The summed E-state index contributed by atoms with van der Waals surface area (Å²) in [7, 11) is 0. The van der Waals surface area contributed by atoms with E-state index in [0.717, 1.165) is 19.6 Å². The van der Waals surface area contributed by atoms with Gasteiger partial charge in [-0.05, 0) is 22.8 Å². The smallest absolute Gasteiger partial charge is 0.0956 e. The highest BCUT2D eigenvalue weighted by molar-refractivity contribution is 5.86. The molecule has 2 unspecified atom stereocenters. The lowest BCUT2D eigenvalue weighted by atomic mass is 9.99. The highest BCUT2D eigenvalue weighted by atomic mass is 16.5. The maximum absolute atomic E-state index is 6.01. The third-order valence-corrected chi connectivity index (χ3v) is 3.75. The minimum absolute atomic E-state index is 0.180. The minimum Gasteiger partial charge on any atom is -0.371 e. The molecule has 1 heterocycles. The molecule has 18 heavy (non-hydrogen) atoms. The molecule has 3 rings (SSSR count). The molecule has 0 saturated carbocycles. The van der Waals surface area contributed by atoms with Crippen LogP contribution >= 0.6 is 0 Å². The van der Waals surface area contributed by atoms with Gasteiger partial charge in [0, 0.05) is 12.6 Å². The number of hydrogen-bond donors (Lipinski definition) is 1. The van der Waals surface area contributed by atoms with E-state index < -0.39 is 0 Å². The Morgan fingerprint density at radius 1 is 1.17 bits per heavy atom. The molecule has 2 heteroatoms. The Labute approximate surface area is 108 Å². The van der Waals surface area contributed by atoms with Crippen molar-refractivity contribution in [2.24, 2.45) is 0 Å². The Hall–Kier alpha value is -1.38. The van der Waals surface area contributed by atoms with Crippen molar-refractivity contribution < 1.29 is 4.74 Å². The van der Waals surface area contributed by atoms with Gasteiger partial charge in [-0.15, -0.1) is 0 Å². The summed E-state index contributed by atoms with van der Waals surface area (Å²) in [5.74, 6) is 0. The number of hydrogen-bond acceptors (Lipinski definition) is 2. The van der Waals surface area contributed by atoms with Gasteiger partial charge >= 0.3 is 0 Å². The molecule has 1 fully saturated rings. The van der Waals surface area contributed by atoms with Gasteiger partial charge in [0.05, 0.1) is 12.7 Å². The molecule has 2 aromatic carbocycles. The molecule has 1 aliphatic rings. The van der Waals surface area contributed by atoms with Crippen LogP contribution in [0.25, 0.3) is 10.8 Å². The second-order valence-corrected chi connectivity index (χ2v) is 4.90. The zero-order chi connectivity index (χ0) is 12.4. The van der Waals surface area contributed by atoms with E-state index in [1.165, 1.54) is 16.3 Å². The molecule has 2 atom stereocenters. The first-order valence-corrected chi connectivity index (χ1v) is 6.71. The third kappa shape index (κ3) is 2.14. The van der Waals surface area contributed by atoms with Gasteiger partial charge in [0.25, 0.3) is 0 Å². The summed E-state index contributed by atoms with van der Waals surface area (Å²) in [5.41, 5.74) is 1.30. The average molecular weight is 241 g/mol. The fraction of sp³-hybridized carbons (Fsp3) is 0.375. The Kier molecular flexibility index (Phi) is 3.31. The molecule has 94 valence electrons. The lowest BCUT2D eigenvalue weighted by molar-refractivity contribution is 0.00304. The molecular weight excluding hydrogens is 222 g/mol. The Morgan fingerprint density at radius 2 is 2.00 bits per heavy atom. The molecule has 0 aromatic heterocycles. The SMILES string of the molecule is CCC1COC(c2cccc3ccccc23)CN1. The third-order valence-electron chi connectivity index (χ3n) is 3.75. The normalized spacial score (nSPS) is 24.3. The lowest BCUT2D eigenvalue weighted by Gasteiger charge is -2.30. The van der Waals surface area contributed by atoms with E-state index in [1.54, 1.807) is 0 Å². The van der Waals surface area contributed by atoms with Crippen LogP contribution < -0.4 is 5.32 Å². The molecule has 1 N–H and O–H groups in total. The number of fused-ring (bicyclic) bond motifs is 1. The van der Waals surface area contributed by atoms with Gasteiger partial charge in [0.2, 0.25) is 0 Å². The van der Waals surface area contributed by atoms with Crippen molar-refractivity contribution in [1.29, 1.82) is 0 Å². The predicted octanol–water partition coefficient (Wildman–Crippen LogP) is 3.28. The summed E-state index contributed by atoms with van der Waals surface area (Å²) >= 11 is 0. The second kappa shape index (κ2) is 5.09. The monoisotopic (exact) mass is 241 g/mol. The van der Waals surface area contributed by atoms with Crippen LogP contribution in [-0.4, -0.2) is 19.2 Å². The first-order chi connectivity index (χ1) is 8.88. The first kappa shape index (κ1) is 11.7. The second-order valence-electron chi connectivity index (χ2n) is 4.90. The number of benzene rings is 2. The van der Waals surface area contributed by atoms with E-state index in [9.17, 15) is 0 Å². The highest BCUT2D eigenvalue weighted by Crippen LogP contribution is 2.28. The lowest BCUT2D eigenvalue weighted by Crippen LogP contribution is -2.42. The van der Waals surface area contributed by atoms with Crippen LogP contribution in [0.2, 0.25) is 0 Å². The molecule has 2 aromatic rings. The molecule has 2 nitrogen and oxygen atoms in total. The Bertz CT molecular complexity index is 524. The fourth-order valence-electron chi connectivity index (χ4n) is 2.62. The van der Waals surface area contributed by atoms with Crippen LogP contribution in [0.5, 0.6) is 0 Å². The molecule has 0 aliphatic carbocycles. The van der Waals surface area contributed by atoms with Gasteiger partial charge in [-0.25, -0.2) is 0 Å². The summed E-state index contributed by atoms with van der Waals surface area (Å²) in [4.78, 5) is 0. The Morgan fingerprint density at radius 3 is 2.78 bits per heavy atom. The average Bonchev–Trinajstić information content (AvgIpc) is 2.47. The van der Waals surface area contributed by atoms with E-state index in [0.29, 0.717) is 6.04 Å². The quantitative estimate of drug-likeness (QED) is 0.871. The number of rotatable bonds is 2. The minimum atomic E-state index is 0.180. The van der Waals surface area contributed by atoms with Gasteiger partial charge < -0.3 is 10.1 Å². The van der Waals surface area contributed by atoms with Crippen molar-refractivity contribution in [1.82, 2.24) is 5.32 Å². The zero-order valence-electron chi connectivity index (χ0n) is 10.7. The molecule has 1 saturated heterocycles. The fourth-order valence-corrected chi connectivity index (χ4v) is 2.62. The van der Waals surface area contributed by atoms with Crippen LogP contribution in [0, 0.1) is 0 Å². The maximum Gasteiger partial charge on any atom is 0.0956 e. The summed E-state index contributed by atoms with van der Waals surface area (Å²) in [6.07, 6.45) is 1.31. The van der Waals surface area contributed by atoms with Gasteiger partial charge in [-0.2, -0.15) is 0 Å². The number of morpholine rings is 1. The van der Waals surface area contributed by atoms with Crippen molar-refractivity contribution >= 4 is 10.8 Å². The first-order valence-electron chi connectivity index (χ1n) is 6.71. The van der Waals surface area contributed by atoms with Gasteiger partial charge in [-0.1, -0.05) is 49.4 Å². The summed E-state index contributed by atoms with van der Waals surface area (Å²) in [5, 5.41) is 6.15. The van der Waals surface area contributed by atoms with E-state index in [4.69, 9.17) is 4.74 Å². The standard InChI is InChI=1S/C16H19NO/c1-2-13-11-18-16(10-17-13)15-9-5-7-12-6-3-4-8-14(12)15/h3-9,13,16-17H,2,10-11H2,1H3. The highest BCUT2D eigenvalue weighted by Gasteiger charge is 2.22. The molecule has 0 radical (unpaired) electrons. The van der Waals surface area contributed by atoms with Crippen LogP contribution in [0.3, 0.4) is 0 Å². The number of ether oxygens (including phenoxy) is 1. The largest absolute Gasteiger partial charge is 0.371 e. The van der Waals surface area contributed by atoms with Crippen molar-refractivity contribution in [3.05, 3.63) is 48.0 Å². The van der Waals surface area contributed by atoms with Crippen molar-refractivity contribution in [2.45, 2.75) is 25.5 Å². The summed E-state index contributed by atoms with van der Waals surface area (Å²) in [6.45, 7) is 3.91. The van der Waals surface area contributed by atoms with E-state index in [1.807, 2.05) is 0 Å². The van der Waals surface area contributed by atoms with Crippen molar-refractivity contribution in [3.8, 4) is 0 Å². The summed E-state index contributed by atoms with van der Waals surface area (Å²) in [6, 6.07) is 15.5. The zero-order valence-corrected chi connectivity index (χ0v) is 10.7. The van der Waals surface area contributed by atoms with Gasteiger partial charge in [0.1, 0.15) is 0 Å². The van der Waals surface area contributed by atoms with Crippen LogP contribution in [0.15, 0.2) is 42.5 Å². The molecule has 0 bridgehead atoms. The van der Waals surface area contributed by atoms with Crippen molar-refractivity contribution in [3.63, 3.8) is 0 Å². The van der Waals surface area contributed by atoms with Gasteiger partial charge in [0.15, 0.2) is 0 Å². The molecule has 0 spiro atoms. The van der Waals surface area contributed by atoms with E-state index in [2.05, 4.69) is 54.7 Å². The molecule has 0 amide bonds. The molecule has 1 aliphatic heterocycles. The summed E-state index contributed by atoms with van der Waals surface area (Å²) < 4.78 is 6.01. The van der Waals surface area contributed by atoms with Crippen LogP contribution in [0.1, 0.15) is 25.0 Å². The van der Waals surface area contributed by atoms with Crippen LogP contribution in [-0.2, 0) is 4.74 Å². The predicted molar refractivity (Wildman–Crippen MR) is 74.7 cm³/mol. The van der Waals surface area contributed by atoms with Crippen LogP contribution in [0.4, 0.5) is 0 Å². The van der Waals surface area contributed by atoms with E-state index >= 15 is 0 Å².